The maximum Gasteiger partial charge on any atom is 0.241 e. The van der Waals surface area contributed by atoms with Gasteiger partial charge in [-0.1, -0.05) is 37.3 Å². The van der Waals surface area contributed by atoms with Crippen molar-refractivity contribution in [2.45, 2.75) is 43.5 Å². The normalized spacial score (nSPS) is 17.0. The van der Waals surface area contributed by atoms with Crippen molar-refractivity contribution >= 4 is 26.7 Å². The summed E-state index contributed by atoms with van der Waals surface area (Å²) < 4.78 is 28.5. The maximum absolute atomic E-state index is 12.9. The number of rotatable bonds is 7. The highest BCUT2D eigenvalue weighted by molar-refractivity contribution is 7.89. The lowest BCUT2D eigenvalue weighted by molar-refractivity contribution is -0.134. The van der Waals surface area contributed by atoms with Crippen molar-refractivity contribution in [2.75, 3.05) is 19.7 Å². The summed E-state index contributed by atoms with van der Waals surface area (Å²) in [5, 5.41) is 11.0. The number of fused-ring (bicyclic) bond motifs is 1. The molecule has 1 fully saturated rings. The second kappa shape index (κ2) is 9.03. The third-order valence-corrected chi connectivity index (χ3v) is 6.84. The quantitative estimate of drug-likeness (QED) is 0.742. The molecule has 1 saturated heterocycles. The summed E-state index contributed by atoms with van der Waals surface area (Å²) >= 11 is 0. The molecule has 3 rings (SSSR count). The van der Waals surface area contributed by atoms with Gasteiger partial charge in [-0.05, 0) is 54.5 Å². The van der Waals surface area contributed by atoms with Crippen molar-refractivity contribution in [1.82, 2.24) is 9.62 Å². The van der Waals surface area contributed by atoms with Gasteiger partial charge in [0.1, 0.15) is 6.04 Å². The smallest absolute Gasteiger partial charge is 0.241 e. The molecule has 1 aliphatic rings. The molecule has 0 aromatic heterocycles. The number of piperidine rings is 1. The number of carbonyl (C=O) groups is 1. The molecule has 2 N–H and O–H groups in total. The number of nitrogens with one attached hydrogen (secondary N) is 1. The standard InChI is InChI=1S/C21H28N2O4S/c1-16-10-12-23(13-11-16)21(25)20(7-4-14-24)22-28(26,27)19-9-8-17-5-2-3-6-18(17)15-19/h2-3,5-6,8-9,15-16,20,22,24H,4,7,10-14H2,1H3. The molecule has 2 aromatic carbocycles. The first kappa shape index (κ1) is 20.8. The highest BCUT2D eigenvalue weighted by Gasteiger charge is 2.30. The SMILES string of the molecule is CC1CCN(C(=O)C(CCCO)NS(=O)(=O)c2ccc3ccccc3c2)CC1. The summed E-state index contributed by atoms with van der Waals surface area (Å²) in [5.74, 6) is 0.374. The number of aliphatic hydroxyl groups is 1. The molecule has 0 aliphatic carbocycles. The Balaban J connectivity index is 1.80. The van der Waals surface area contributed by atoms with Gasteiger partial charge in [0.15, 0.2) is 0 Å². The first-order valence-electron chi connectivity index (χ1n) is 9.81. The highest BCUT2D eigenvalue weighted by atomic mass is 32.2. The molecule has 1 heterocycles. The summed E-state index contributed by atoms with van der Waals surface area (Å²) in [6.07, 6.45) is 2.49. The van der Waals surface area contributed by atoms with Gasteiger partial charge in [0.05, 0.1) is 4.90 Å². The Morgan fingerprint density at radius 3 is 2.54 bits per heavy atom. The Hall–Kier alpha value is -1.96. The van der Waals surface area contributed by atoms with Gasteiger partial charge >= 0.3 is 0 Å². The highest BCUT2D eigenvalue weighted by Crippen LogP contribution is 2.21. The van der Waals surface area contributed by atoms with E-state index in [0.29, 0.717) is 25.4 Å². The molecule has 1 amide bonds. The van der Waals surface area contributed by atoms with Crippen LogP contribution >= 0.6 is 0 Å². The van der Waals surface area contributed by atoms with Gasteiger partial charge < -0.3 is 10.0 Å². The third-order valence-electron chi connectivity index (χ3n) is 5.37. The molecule has 152 valence electrons. The van der Waals surface area contributed by atoms with Gasteiger partial charge in [0.2, 0.25) is 15.9 Å². The van der Waals surface area contributed by atoms with E-state index in [-0.39, 0.29) is 23.8 Å². The fourth-order valence-corrected chi connectivity index (χ4v) is 4.83. The van der Waals surface area contributed by atoms with Gasteiger partial charge in [-0.2, -0.15) is 4.72 Å². The van der Waals surface area contributed by atoms with Gasteiger partial charge in [0, 0.05) is 19.7 Å². The lowest BCUT2D eigenvalue weighted by Gasteiger charge is -2.33. The first-order chi connectivity index (χ1) is 13.4. The van der Waals surface area contributed by atoms with Crippen LogP contribution in [0.1, 0.15) is 32.6 Å². The number of benzene rings is 2. The second-order valence-corrected chi connectivity index (χ2v) is 9.27. The van der Waals surface area contributed by atoms with E-state index in [0.717, 1.165) is 23.6 Å². The van der Waals surface area contributed by atoms with Crippen LogP contribution in [0.3, 0.4) is 0 Å². The molecule has 0 radical (unpaired) electrons. The number of likely N-dealkylation sites (tertiary alicyclic amines) is 1. The van der Waals surface area contributed by atoms with Crippen LogP contribution in [0.4, 0.5) is 0 Å². The molecule has 1 unspecified atom stereocenters. The molecular formula is C21H28N2O4S. The van der Waals surface area contributed by atoms with Crippen LogP contribution in [0, 0.1) is 5.92 Å². The van der Waals surface area contributed by atoms with E-state index in [4.69, 9.17) is 0 Å². The number of sulfonamides is 1. The molecule has 1 atom stereocenters. The summed E-state index contributed by atoms with van der Waals surface area (Å²) in [6, 6.07) is 11.6. The Kier molecular flexibility index (Phi) is 6.69. The van der Waals surface area contributed by atoms with Crippen LogP contribution in [-0.4, -0.2) is 50.1 Å². The van der Waals surface area contributed by atoms with E-state index in [1.54, 1.807) is 23.1 Å². The monoisotopic (exact) mass is 404 g/mol. The van der Waals surface area contributed by atoms with Crippen molar-refractivity contribution in [2.24, 2.45) is 5.92 Å². The molecule has 1 aliphatic heterocycles. The molecule has 6 nitrogen and oxygen atoms in total. The Bertz CT molecular complexity index is 921. The third kappa shape index (κ3) is 4.90. The zero-order chi connectivity index (χ0) is 20.1. The molecule has 0 spiro atoms. The van der Waals surface area contributed by atoms with Crippen LogP contribution in [0.5, 0.6) is 0 Å². The minimum Gasteiger partial charge on any atom is -0.396 e. The van der Waals surface area contributed by atoms with E-state index >= 15 is 0 Å². The van der Waals surface area contributed by atoms with Crippen molar-refractivity contribution in [3.8, 4) is 0 Å². The number of amides is 1. The number of hydrogen-bond acceptors (Lipinski definition) is 4. The number of carbonyl (C=O) groups excluding carboxylic acids is 1. The predicted octanol–water partition coefficient (Wildman–Crippen LogP) is 2.52. The largest absolute Gasteiger partial charge is 0.396 e. The molecule has 7 heteroatoms. The van der Waals surface area contributed by atoms with Crippen LogP contribution in [0.25, 0.3) is 10.8 Å². The van der Waals surface area contributed by atoms with Crippen LogP contribution in [-0.2, 0) is 14.8 Å². The van der Waals surface area contributed by atoms with E-state index in [2.05, 4.69) is 11.6 Å². The Morgan fingerprint density at radius 2 is 1.86 bits per heavy atom. The lowest BCUT2D eigenvalue weighted by Crippen LogP contribution is -2.50. The van der Waals surface area contributed by atoms with Crippen molar-refractivity contribution in [3.05, 3.63) is 42.5 Å². The number of aliphatic hydroxyl groups excluding tert-OH is 1. The van der Waals surface area contributed by atoms with E-state index < -0.39 is 16.1 Å². The van der Waals surface area contributed by atoms with Crippen LogP contribution in [0.2, 0.25) is 0 Å². The number of hydrogen-bond donors (Lipinski definition) is 2. The molecule has 0 bridgehead atoms. The Morgan fingerprint density at radius 1 is 1.18 bits per heavy atom. The van der Waals surface area contributed by atoms with Crippen molar-refractivity contribution in [1.29, 1.82) is 0 Å². The summed E-state index contributed by atoms with van der Waals surface area (Å²) in [4.78, 5) is 14.8. The molecule has 28 heavy (non-hydrogen) atoms. The maximum atomic E-state index is 12.9. The fraction of sp³-hybridized carbons (Fsp3) is 0.476. The topological polar surface area (TPSA) is 86.7 Å². The second-order valence-electron chi connectivity index (χ2n) is 7.56. The number of nitrogens with zero attached hydrogens (tertiary/aromatic N) is 1. The summed E-state index contributed by atoms with van der Waals surface area (Å²) in [6.45, 7) is 3.37. The average Bonchev–Trinajstić information content (AvgIpc) is 2.70. The molecular weight excluding hydrogens is 376 g/mol. The first-order valence-corrected chi connectivity index (χ1v) is 11.3. The minimum atomic E-state index is -3.85. The average molecular weight is 405 g/mol. The van der Waals surface area contributed by atoms with Gasteiger partial charge in [-0.3, -0.25) is 4.79 Å². The predicted molar refractivity (Wildman–Crippen MR) is 109 cm³/mol. The zero-order valence-corrected chi connectivity index (χ0v) is 17.0. The summed E-state index contributed by atoms with van der Waals surface area (Å²) in [5.41, 5.74) is 0. The van der Waals surface area contributed by atoms with Gasteiger partial charge in [0.25, 0.3) is 0 Å². The van der Waals surface area contributed by atoms with Gasteiger partial charge in [-0.15, -0.1) is 0 Å². The molecule has 2 aromatic rings. The van der Waals surface area contributed by atoms with Crippen molar-refractivity contribution < 1.29 is 18.3 Å². The van der Waals surface area contributed by atoms with Crippen LogP contribution < -0.4 is 4.72 Å². The minimum absolute atomic E-state index is 0.0848. The van der Waals surface area contributed by atoms with E-state index in [1.165, 1.54) is 0 Å². The zero-order valence-electron chi connectivity index (χ0n) is 16.2. The lowest BCUT2D eigenvalue weighted by atomic mass is 9.98. The Labute approximate surface area is 166 Å². The fourth-order valence-electron chi connectivity index (χ4n) is 3.57. The summed E-state index contributed by atoms with van der Waals surface area (Å²) in [7, 11) is -3.85. The van der Waals surface area contributed by atoms with E-state index in [1.807, 2.05) is 24.3 Å². The van der Waals surface area contributed by atoms with E-state index in [9.17, 15) is 18.3 Å². The van der Waals surface area contributed by atoms with Crippen LogP contribution in [0.15, 0.2) is 47.4 Å². The van der Waals surface area contributed by atoms with Gasteiger partial charge in [-0.25, -0.2) is 8.42 Å². The van der Waals surface area contributed by atoms with Crippen molar-refractivity contribution in [3.63, 3.8) is 0 Å². The molecule has 0 saturated carbocycles.